The molecule has 2 aromatic rings. The Balaban J connectivity index is 2.19. The Labute approximate surface area is 156 Å². The third-order valence-electron chi connectivity index (χ3n) is 4.69. The number of allylic oxidation sites excluding steroid dienone is 3. The summed E-state index contributed by atoms with van der Waals surface area (Å²) in [4.78, 5) is 14.6. The number of benzene rings is 1. The topological polar surface area (TPSA) is 114 Å². The number of H-pyrrole nitrogens is 1. The first-order valence-electron chi connectivity index (χ1n) is 8.20. The van der Waals surface area contributed by atoms with Gasteiger partial charge in [0.15, 0.2) is 5.69 Å². The summed E-state index contributed by atoms with van der Waals surface area (Å²) in [7, 11) is 1.34. The van der Waals surface area contributed by atoms with Gasteiger partial charge in [0.1, 0.15) is 23.3 Å². The van der Waals surface area contributed by atoms with Crippen LogP contribution >= 0.6 is 0 Å². The lowest BCUT2D eigenvalue weighted by molar-refractivity contribution is -0.364. The van der Waals surface area contributed by atoms with Crippen LogP contribution in [0.25, 0.3) is 17.2 Å². The van der Waals surface area contributed by atoms with Crippen LogP contribution in [-0.4, -0.2) is 13.1 Å². The SMILES string of the molecule is COC(=O)c1ccc(C=C2C(C)=C(C#N)c3[nH+]c(N)c(C#N)c(C)c32)cc1. The van der Waals surface area contributed by atoms with Gasteiger partial charge in [-0.1, -0.05) is 12.1 Å². The van der Waals surface area contributed by atoms with Crippen LogP contribution in [0.2, 0.25) is 0 Å². The number of methoxy groups -OCH3 is 1. The molecule has 0 aliphatic heterocycles. The van der Waals surface area contributed by atoms with Gasteiger partial charge >= 0.3 is 5.97 Å². The third kappa shape index (κ3) is 2.84. The molecular weight excluding hydrogens is 340 g/mol. The van der Waals surface area contributed by atoms with E-state index in [2.05, 4.69) is 17.1 Å². The molecule has 0 saturated heterocycles. The van der Waals surface area contributed by atoms with Crippen molar-refractivity contribution in [3.8, 4) is 12.1 Å². The molecule has 1 heterocycles. The standard InChI is InChI=1S/C21H16N4O2/c1-11-15(8-13-4-6-14(7-5-13)21(26)27-3)18-12(2)17(10-23)20(24)25-19(18)16(11)9-22/h4-8H,1-3H3,(H2,24,25)/p+1. The average molecular weight is 357 g/mol. The maximum atomic E-state index is 11.6. The minimum Gasteiger partial charge on any atom is -0.465 e. The lowest BCUT2D eigenvalue weighted by Crippen LogP contribution is -2.20. The molecule has 0 atom stereocenters. The zero-order valence-corrected chi connectivity index (χ0v) is 15.2. The number of carbonyl (C=O) groups excluding carboxylic acids is 1. The number of aromatic nitrogens is 1. The van der Waals surface area contributed by atoms with Crippen LogP contribution in [0.15, 0.2) is 29.8 Å². The van der Waals surface area contributed by atoms with Crippen LogP contribution in [0, 0.1) is 29.6 Å². The van der Waals surface area contributed by atoms with Gasteiger partial charge < -0.3 is 4.74 Å². The molecule has 0 radical (unpaired) electrons. The second-order valence-corrected chi connectivity index (χ2v) is 6.18. The quantitative estimate of drug-likeness (QED) is 0.830. The first kappa shape index (κ1) is 17.9. The third-order valence-corrected chi connectivity index (χ3v) is 4.69. The van der Waals surface area contributed by atoms with Crippen LogP contribution in [0.4, 0.5) is 5.82 Å². The fraction of sp³-hybridized carbons (Fsp3) is 0.143. The molecule has 6 heteroatoms. The van der Waals surface area contributed by atoms with E-state index in [1.807, 2.05) is 19.9 Å². The summed E-state index contributed by atoms with van der Waals surface area (Å²) >= 11 is 0. The molecule has 3 rings (SSSR count). The Morgan fingerprint density at radius 3 is 2.41 bits per heavy atom. The van der Waals surface area contributed by atoms with Crippen molar-refractivity contribution < 1.29 is 14.5 Å². The first-order valence-corrected chi connectivity index (χ1v) is 8.20. The minimum absolute atomic E-state index is 0.248. The van der Waals surface area contributed by atoms with Gasteiger partial charge in [-0.2, -0.15) is 10.5 Å². The van der Waals surface area contributed by atoms with E-state index in [4.69, 9.17) is 10.5 Å². The van der Waals surface area contributed by atoms with Crippen molar-refractivity contribution in [2.45, 2.75) is 13.8 Å². The Morgan fingerprint density at radius 2 is 1.85 bits per heavy atom. The molecule has 1 aliphatic carbocycles. The number of hydrogen-bond acceptors (Lipinski definition) is 5. The van der Waals surface area contributed by atoms with Gasteiger partial charge in [-0.15, -0.1) is 0 Å². The van der Waals surface area contributed by atoms with E-state index in [1.54, 1.807) is 24.3 Å². The molecular formula is C21H17N4O2+. The van der Waals surface area contributed by atoms with E-state index in [9.17, 15) is 15.3 Å². The summed E-state index contributed by atoms with van der Waals surface area (Å²) < 4.78 is 4.71. The maximum Gasteiger partial charge on any atom is 0.337 e. The van der Waals surface area contributed by atoms with Crippen molar-refractivity contribution in [2.75, 3.05) is 12.8 Å². The molecule has 0 spiro atoms. The number of esters is 1. The van der Waals surface area contributed by atoms with Crippen molar-refractivity contribution in [1.82, 2.24) is 0 Å². The summed E-state index contributed by atoms with van der Waals surface area (Å²) in [5.41, 5.74) is 11.9. The molecule has 0 unspecified atom stereocenters. The smallest absolute Gasteiger partial charge is 0.337 e. The highest BCUT2D eigenvalue weighted by Gasteiger charge is 2.32. The molecule has 6 nitrogen and oxygen atoms in total. The summed E-state index contributed by atoms with van der Waals surface area (Å²) in [5.74, 6) is -0.152. The molecule has 3 N–H and O–H groups in total. The number of hydrogen-bond donors (Lipinski definition) is 1. The predicted octanol–water partition coefficient (Wildman–Crippen LogP) is 2.90. The largest absolute Gasteiger partial charge is 0.465 e. The number of anilines is 1. The Morgan fingerprint density at radius 1 is 1.19 bits per heavy atom. The van der Waals surface area contributed by atoms with E-state index in [1.165, 1.54) is 7.11 Å². The normalized spacial score (nSPS) is 13.9. The number of pyridine rings is 1. The number of nitriles is 2. The molecule has 27 heavy (non-hydrogen) atoms. The number of nitrogen functional groups attached to an aromatic ring is 1. The molecule has 1 aromatic carbocycles. The molecule has 0 saturated carbocycles. The summed E-state index contributed by atoms with van der Waals surface area (Å²) in [5, 5.41) is 19.0. The van der Waals surface area contributed by atoms with Gasteiger partial charge in [0.25, 0.3) is 5.82 Å². The van der Waals surface area contributed by atoms with Crippen LogP contribution < -0.4 is 10.7 Å². The van der Waals surface area contributed by atoms with Crippen molar-refractivity contribution in [1.29, 1.82) is 10.5 Å². The van der Waals surface area contributed by atoms with Gasteiger partial charge in [-0.05, 0) is 54.3 Å². The second-order valence-electron chi connectivity index (χ2n) is 6.18. The summed E-state index contributed by atoms with van der Waals surface area (Å²) in [6.45, 7) is 3.69. The minimum atomic E-state index is -0.400. The fourth-order valence-electron chi connectivity index (χ4n) is 3.27. The first-order chi connectivity index (χ1) is 12.9. The highest BCUT2D eigenvalue weighted by molar-refractivity contribution is 6.07. The highest BCUT2D eigenvalue weighted by atomic mass is 16.5. The molecule has 0 bridgehead atoms. The molecule has 1 aliphatic rings. The van der Waals surface area contributed by atoms with Gasteiger partial charge in [-0.25, -0.2) is 9.78 Å². The van der Waals surface area contributed by atoms with Gasteiger partial charge in [0.05, 0.1) is 12.7 Å². The summed E-state index contributed by atoms with van der Waals surface area (Å²) in [6, 6.07) is 11.3. The zero-order chi connectivity index (χ0) is 19.7. The number of nitrogens with two attached hydrogens (primary N) is 1. The van der Waals surface area contributed by atoms with Crippen LogP contribution in [0.5, 0.6) is 0 Å². The molecule has 0 amide bonds. The van der Waals surface area contributed by atoms with Gasteiger partial charge in [-0.3, -0.25) is 5.73 Å². The van der Waals surface area contributed by atoms with E-state index in [0.29, 0.717) is 22.4 Å². The number of rotatable bonds is 2. The molecule has 132 valence electrons. The lowest BCUT2D eigenvalue weighted by Gasteiger charge is -2.08. The van der Waals surface area contributed by atoms with E-state index in [0.717, 1.165) is 27.8 Å². The Kier molecular flexibility index (Phi) is 4.50. The highest BCUT2D eigenvalue weighted by Crippen LogP contribution is 2.42. The van der Waals surface area contributed by atoms with E-state index in [-0.39, 0.29) is 5.82 Å². The van der Waals surface area contributed by atoms with E-state index >= 15 is 0 Å². The van der Waals surface area contributed by atoms with Crippen LogP contribution in [0.3, 0.4) is 0 Å². The van der Waals surface area contributed by atoms with Crippen LogP contribution in [-0.2, 0) is 4.74 Å². The van der Waals surface area contributed by atoms with Crippen LogP contribution in [0.1, 0.15) is 45.2 Å². The molecule has 0 fully saturated rings. The predicted molar refractivity (Wildman–Crippen MR) is 101 cm³/mol. The number of carbonyl (C=O) groups is 1. The number of nitrogens with one attached hydrogen (secondary N) is 1. The maximum absolute atomic E-state index is 11.6. The van der Waals surface area contributed by atoms with Crippen molar-refractivity contribution in [3.05, 3.63) is 63.3 Å². The van der Waals surface area contributed by atoms with Gasteiger partial charge in [0.2, 0.25) is 0 Å². The van der Waals surface area contributed by atoms with Crippen molar-refractivity contribution in [2.24, 2.45) is 0 Å². The lowest BCUT2D eigenvalue weighted by atomic mass is 9.95. The van der Waals surface area contributed by atoms with Crippen molar-refractivity contribution in [3.63, 3.8) is 0 Å². The number of fused-ring (bicyclic) bond motifs is 1. The fourth-order valence-corrected chi connectivity index (χ4v) is 3.27. The van der Waals surface area contributed by atoms with Crippen molar-refractivity contribution >= 4 is 29.0 Å². The zero-order valence-electron chi connectivity index (χ0n) is 15.2. The second kappa shape index (κ2) is 6.78. The van der Waals surface area contributed by atoms with Gasteiger partial charge in [0, 0.05) is 5.56 Å². The number of nitrogens with zero attached hydrogens (tertiary/aromatic N) is 2. The molecule has 1 aromatic heterocycles. The van der Waals surface area contributed by atoms with E-state index < -0.39 is 5.97 Å². The Bertz CT molecular complexity index is 1110. The Hall–Kier alpha value is -3.90. The average Bonchev–Trinajstić information content (AvgIpc) is 2.93. The monoisotopic (exact) mass is 357 g/mol. The number of ether oxygens (including phenoxy) is 1. The number of aromatic amines is 1. The summed E-state index contributed by atoms with van der Waals surface area (Å²) in [6.07, 6.45) is 1.93.